The first-order valence-corrected chi connectivity index (χ1v) is 11.3. The first kappa shape index (κ1) is 22.5. The van der Waals surface area contributed by atoms with Crippen LogP contribution >= 0.6 is 11.3 Å². The molecule has 0 radical (unpaired) electrons. The van der Waals surface area contributed by atoms with Gasteiger partial charge in [-0.2, -0.15) is 0 Å². The number of para-hydroxylation sites is 1. The van der Waals surface area contributed by atoms with Gasteiger partial charge in [-0.1, -0.05) is 41.7 Å². The van der Waals surface area contributed by atoms with Gasteiger partial charge in [0.05, 0.1) is 42.7 Å². The standard InChI is InChI=1S/C25H24N2O5S/c1-5-32-24(29)21-15(2)26-25-27(22(21)16-10-12-18(30-3)13-11-16)23(28)20(33-25)14-17-8-6-7-9-19(17)31-4/h6-14,22H,5H2,1-4H3/t22-/m1/s1. The highest BCUT2D eigenvalue weighted by molar-refractivity contribution is 7.07. The maximum absolute atomic E-state index is 13.6. The number of carbonyl (C=O) groups excluding carboxylic acids is 1. The average Bonchev–Trinajstić information content (AvgIpc) is 3.13. The second-order valence-corrected chi connectivity index (χ2v) is 8.33. The number of allylic oxidation sites excluding steroid dienone is 1. The number of hydrogen-bond donors (Lipinski definition) is 0. The lowest BCUT2D eigenvalue weighted by molar-refractivity contribution is -0.139. The van der Waals surface area contributed by atoms with Gasteiger partial charge in [0.1, 0.15) is 11.5 Å². The maximum atomic E-state index is 13.6. The predicted molar refractivity (Wildman–Crippen MR) is 126 cm³/mol. The van der Waals surface area contributed by atoms with Crippen LogP contribution in [-0.2, 0) is 9.53 Å². The topological polar surface area (TPSA) is 79.1 Å². The lowest BCUT2D eigenvalue weighted by Gasteiger charge is -2.24. The zero-order valence-electron chi connectivity index (χ0n) is 18.8. The van der Waals surface area contributed by atoms with Crippen LogP contribution in [-0.4, -0.2) is 31.4 Å². The van der Waals surface area contributed by atoms with E-state index in [1.165, 1.54) is 11.3 Å². The summed E-state index contributed by atoms with van der Waals surface area (Å²) in [7, 11) is 3.18. The van der Waals surface area contributed by atoms with Crippen LogP contribution in [0.1, 0.15) is 31.0 Å². The van der Waals surface area contributed by atoms with Crippen LogP contribution in [0.3, 0.4) is 0 Å². The lowest BCUT2D eigenvalue weighted by Crippen LogP contribution is -2.39. The molecule has 4 rings (SSSR count). The van der Waals surface area contributed by atoms with Crippen molar-refractivity contribution in [2.45, 2.75) is 19.9 Å². The van der Waals surface area contributed by atoms with Gasteiger partial charge in [-0.15, -0.1) is 0 Å². The molecule has 33 heavy (non-hydrogen) atoms. The second-order valence-electron chi connectivity index (χ2n) is 7.32. The second kappa shape index (κ2) is 9.46. The van der Waals surface area contributed by atoms with Gasteiger partial charge in [0.25, 0.3) is 5.56 Å². The molecule has 7 nitrogen and oxygen atoms in total. The summed E-state index contributed by atoms with van der Waals surface area (Å²) < 4.78 is 18.1. The molecule has 170 valence electrons. The highest BCUT2D eigenvalue weighted by Crippen LogP contribution is 2.31. The number of nitrogens with zero attached hydrogens (tertiary/aromatic N) is 2. The molecule has 0 bridgehead atoms. The summed E-state index contributed by atoms with van der Waals surface area (Å²) in [6.07, 6.45) is 1.79. The van der Waals surface area contributed by atoms with E-state index in [0.29, 0.717) is 32.1 Å². The van der Waals surface area contributed by atoms with Gasteiger partial charge >= 0.3 is 5.97 Å². The Labute approximate surface area is 194 Å². The molecule has 0 N–H and O–H groups in total. The summed E-state index contributed by atoms with van der Waals surface area (Å²) in [6.45, 7) is 3.74. The Morgan fingerprint density at radius 1 is 1.12 bits per heavy atom. The third-order valence-corrected chi connectivity index (χ3v) is 6.36. The van der Waals surface area contributed by atoms with Crippen molar-refractivity contribution in [1.82, 2.24) is 4.57 Å². The highest BCUT2D eigenvalue weighted by atomic mass is 32.1. The van der Waals surface area contributed by atoms with Crippen molar-refractivity contribution >= 4 is 23.4 Å². The Bertz CT molecular complexity index is 1400. The molecule has 1 atom stereocenters. The minimum absolute atomic E-state index is 0.225. The summed E-state index contributed by atoms with van der Waals surface area (Å²) in [5, 5.41) is 0. The molecule has 0 fully saturated rings. The largest absolute Gasteiger partial charge is 0.497 e. The van der Waals surface area contributed by atoms with Crippen LogP contribution in [0.5, 0.6) is 11.5 Å². The SMILES string of the molecule is CCOC(=O)C1=C(C)N=c2sc(=Cc3ccccc3OC)c(=O)n2[C@@H]1c1ccc(OC)cc1. The van der Waals surface area contributed by atoms with Crippen LogP contribution in [0.25, 0.3) is 6.08 Å². The number of fused-ring (bicyclic) bond motifs is 1. The average molecular weight is 465 g/mol. The van der Waals surface area contributed by atoms with E-state index in [1.807, 2.05) is 36.4 Å². The number of aromatic nitrogens is 1. The van der Waals surface area contributed by atoms with Crippen LogP contribution in [0.15, 0.2) is 69.6 Å². The van der Waals surface area contributed by atoms with Gasteiger partial charge in [-0.3, -0.25) is 9.36 Å². The van der Waals surface area contributed by atoms with Crippen LogP contribution in [0.4, 0.5) is 0 Å². The Balaban J connectivity index is 1.95. The molecule has 8 heteroatoms. The molecule has 2 heterocycles. The number of thiazole rings is 1. The fourth-order valence-electron chi connectivity index (χ4n) is 3.82. The van der Waals surface area contributed by atoms with Crippen LogP contribution in [0, 0.1) is 0 Å². The smallest absolute Gasteiger partial charge is 0.338 e. The summed E-state index contributed by atoms with van der Waals surface area (Å²) in [6, 6.07) is 14.1. The number of benzene rings is 2. The normalized spacial score (nSPS) is 15.6. The number of ether oxygens (including phenoxy) is 3. The van der Waals surface area contributed by atoms with Crippen LogP contribution < -0.4 is 24.4 Å². The Kier molecular flexibility index (Phi) is 6.46. The van der Waals surface area contributed by atoms with Crippen molar-refractivity contribution in [1.29, 1.82) is 0 Å². The summed E-state index contributed by atoms with van der Waals surface area (Å²) in [4.78, 5) is 31.6. The molecular weight excluding hydrogens is 440 g/mol. The van der Waals surface area contributed by atoms with Crippen molar-refractivity contribution in [3.8, 4) is 11.5 Å². The van der Waals surface area contributed by atoms with Crippen molar-refractivity contribution in [3.63, 3.8) is 0 Å². The fraction of sp³-hybridized carbons (Fsp3) is 0.240. The molecule has 3 aromatic rings. The first-order valence-electron chi connectivity index (χ1n) is 10.4. The van der Waals surface area contributed by atoms with Crippen molar-refractivity contribution in [2.24, 2.45) is 4.99 Å². The molecule has 0 unspecified atom stereocenters. The molecule has 1 aliphatic rings. The van der Waals surface area contributed by atoms with E-state index in [-0.39, 0.29) is 12.2 Å². The van der Waals surface area contributed by atoms with E-state index >= 15 is 0 Å². The zero-order chi connectivity index (χ0) is 23.5. The van der Waals surface area contributed by atoms with E-state index in [0.717, 1.165) is 11.1 Å². The summed E-state index contributed by atoms with van der Waals surface area (Å²) >= 11 is 1.27. The quantitative estimate of drug-likeness (QED) is 0.524. The molecule has 0 amide bonds. The number of rotatable bonds is 6. The fourth-order valence-corrected chi connectivity index (χ4v) is 4.86. The molecule has 0 saturated heterocycles. The molecule has 2 aromatic carbocycles. The maximum Gasteiger partial charge on any atom is 0.338 e. The first-order chi connectivity index (χ1) is 16.0. The van der Waals surface area contributed by atoms with E-state index in [9.17, 15) is 9.59 Å². The Morgan fingerprint density at radius 3 is 2.52 bits per heavy atom. The summed E-state index contributed by atoms with van der Waals surface area (Å²) in [5.41, 5.74) is 2.18. The number of carbonyl (C=O) groups is 1. The number of esters is 1. The predicted octanol–water partition coefficient (Wildman–Crippen LogP) is 2.82. The van der Waals surface area contributed by atoms with E-state index in [4.69, 9.17) is 14.2 Å². The third kappa shape index (κ3) is 4.21. The molecule has 1 aliphatic heterocycles. The summed E-state index contributed by atoms with van der Waals surface area (Å²) in [5.74, 6) is 0.859. The molecule has 0 saturated carbocycles. The van der Waals surface area contributed by atoms with E-state index in [1.54, 1.807) is 50.8 Å². The van der Waals surface area contributed by atoms with Crippen molar-refractivity contribution < 1.29 is 19.0 Å². The van der Waals surface area contributed by atoms with E-state index in [2.05, 4.69) is 4.99 Å². The zero-order valence-corrected chi connectivity index (χ0v) is 19.6. The number of methoxy groups -OCH3 is 2. The monoisotopic (exact) mass is 464 g/mol. The van der Waals surface area contributed by atoms with Gasteiger partial charge in [0.2, 0.25) is 0 Å². The minimum Gasteiger partial charge on any atom is -0.497 e. The molecular formula is C25H24N2O5S. The number of hydrogen-bond acceptors (Lipinski definition) is 7. The molecule has 0 aliphatic carbocycles. The Morgan fingerprint density at radius 2 is 1.85 bits per heavy atom. The van der Waals surface area contributed by atoms with Gasteiger partial charge in [-0.05, 0) is 43.7 Å². The molecule has 0 spiro atoms. The van der Waals surface area contributed by atoms with Gasteiger partial charge in [0.15, 0.2) is 4.80 Å². The van der Waals surface area contributed by atoms with Crippen molar-refractivity contribution in [3.05, 3.63) is 90.6 Å². The van der Waals surface area contributed by atoms with Crippen LogP contribution in [0.2, 0.25) is 0 Å². The lowest BCUT2D eigenvalue weighted by atomic mass is 9.96. The van der Waals surface area contributed by atoms with Crippen molar-refractivity contribution in [2.75, 3.05) is 20.8 Å². The molecule has 1 aromatic heterocycles. The van der Waals surface area contributed by atoms with Gasteiger partial charge < -0.3 is 14.2 Å². The Hall–Kier alpha value is -3.65. The van der Waals surface area contributed by atoms with Gasteiger partial charge in [-0.25, -0.2) is 9.79 Å². The minimum atomic E-state index is -0.661. The van der Waals surface area contributed by atoms with Gasteiger partial charge in [0, 0.05) is 5.56 Å². The highest BCUT2D eigenvalue weighted by Gasteiger charge is 2.33. The van der Waals surface area contributed by atoms with E-state index < -0.39 is 12.0 Å². The third-order valence-electron chi connectivity index (χ3n) is 5.37.